The van der Waals surface area contributed by atoms with Crippen molar-refractivity contribution < 1.29 is 4.74 Å². The second kappa shape index (κ2) is 6.40. The van der Waals surface area contributed by atoms with E-state index in [4.69, 9.17) is 4.74 Å². The minimum absolute atomic E-state index is 0.896. The van der Waals surface area contributed by atoms with Gasteiger partial charge in [-0.25, -0.2) is 5.01 Å². The molecule has 0 bridgehead atoms. The van der Waals surface area contributed by atoms with Crippen LogP contribution in [0.5, 0.6) is 0 Å². The molecule has 0 aromatic heterocycles. The van der Waals surface area contributed by atoms with Crippen LogP contribution in [0.25, 0.3) is 0 Å². The van der Waals surface area contributed by atoms with Crippen molar-refractivity contribution in [3.05, 3.63) is 0 Å². The summed E-state index contributed by atoms with van der Waals surface area (Å²) < 4.78 is 5.32. The molecule has 15 heavy (non-hydrogen) atoms. The zero-order chi connectivity index (χ0) is 10.3. The summed E-state index contributed by atoms with van der Waals surface area (Å²) in [5, 5.41) is 5.66. The maximum atomic E-state index is 5.32. The van der Waals surface area contributed by atoms with E-state index in [1.165, 1.54) is 0 Å². The molecule has 2 saturated heterocycles. The Labute approximate surface area is 91.7 Å². The third-order valence-electron chi connectivity index (χ3n) is 2.98. The number of nitrogens with one attached hydrogen (secondary N) is 2. The summed E-state index contributed by atoms with van der Waals surface area (Å²) in [7, 11) is 0. The molecule has 0 atom stereocenters. The van der Waals surface area contributed by atoms with Crippen molar-refractivity contribution in [2.75, 3.05) is 65.6 Å². The fourth-order valence-electron chi connectivity index (χ4n) is 2.01. The largest absolute Gasteiger partial charge is 0.379 e. The van der Waals surface area contributed by atoms with Crippen molar-refractivity contribution in [3.63, 3.8) is 0 Å². The average Bonchev–Trinajstić information content (AvgIpc) is 2.32. The Balaban J connectivity index is 1.53. The molecule has 0 aromatic rings. The summed E-state index contributed by atoms with van der Waals surface area (Å²) in [6.07, 6.45) is 0. The van der Waals surface area contributed by atoms with Crippen molar-refractivity contribution in [1.29, 1.82) is 0 Å². The van der Waals surface area contributed by atoms with E-state index in [2.05, 4.69) is 20.7 Å². The standard InChI is InChI=1S/C10H22N4O/c1-5-14(6-2-11-1)12-3-4-13-7-9-15-10-8-13/h11-12H,1-10H2. The lowest BCUT2D eigenvalue weighted by Gasteiger charge is -2.30. The quantitative estimate of drug-likeness (QED) is 0.610. The van der Waals surface area contributed by atoms with Gasteiger partial charge in [-0.15, -0.1) is 0 Å². The summed E-state index contributed by atoms with van der Waals surface area (Å²) >= 11 is 0. The van der Waals surface area contributed by atoms with E-state index in [-0.39, 0.29) is 0 Å². The molecule has 0 saturated carbocycles. The minimum atomic E-state index is 0.896. The Kier molecular flexibility index (Phi) is 4.82. The van der Waals surface area contributed by atoms with E-state index in [0.29, 0.717) is 0 Å². The maximum Gasteiger partial charge on any atom is 0.0594 e. The van der Waals surface area contributed by atoms with Crippen LogP contribution in [0.15, 0.2) is 0 Å². The molecule has 0 aliphatic carbocycles. The van der Waals surface area contributed by atoms with Crippen LogP contribution in [0, 0.1) is 0 Å². The van der Waals surface area contributed by atoms with Gasteiger partial charge in [0.1, 0.15) is 0 Å². The first kappa shape index (κ1) is 11.3. The lowest BCUT2D eigenvalue weighted by Crippen LogP contribution is -2.52. The van der Waals surface area contributed by atoms with Gasteiger partial charge >= 0.3 is 0 Å². The van der Waals surface area contributed by atoms with E-state index < -0.39 is 0 Å². The fraction of sp³-hybridized carbons (Fsp3) is 1.00. The highest BCUT2D eigenvalue weighted by atomic mass is 16.5. The van der Waals surface area contributed by atoms with Crippen molar-refractivity contribution in [2.24, 2.45) is 0 Å². The van der Waals surface area contributed by atoms with Gasteiger partial charge in [0.15, 0.2) is 0 Å². The maximum absolute atomic E-state index is 5.32. The van der Waals surface area contributed by atoms with Crippen molar-refractivity contribution in [2.45, 2.75) is 0 Å². The Morgan fingerprint density at radius 2 is 1.80 bits per heavy atom. The highest BCUT2D eigenvalue weighted by molar-refractivity contribution is 4.66. The molecule has 5 nitrogen and oxygen atoms in total. The van der Waals surface area contributed by atoms with Gasteiger partial charge in [0.25, 0.3) is 0 Å². The van der Waals surface area contributed by atoms with Crippen LogP contribution in [0.2, 0.25) is 0 Å². The first-order valence-electron chi connectivity index (χ1n) is 5.94. The SMILES string of the molecule is C1CN(NCCN2CCOCC2)CCN1. The molecule has 2 aliphatic rings. The third kappa shape index (κ3) is 4.04. The van der Waals surface area contributed by atoms with Crippen LogP contribution >= 0.6 is 0 Å². The van der Waals surface area contributed by atoms with E-state index in [9.17, 15) is 0 Å². The molecule has 0 amide bonds. The molecule has 0 spiro atoms. The zero-order valence-electron chi connectivity index (χ0n) is 9.37. The molecular weight excluding hydrogens is 192 g/mol. The molecular formula is C10H22N4O. The number of nitrogens with zero attached hydrogens (tertiary/aromatic N) is 2. The summed E-state index contributed by atoms with van der Waals surface area (Å²) in [6.45, 7) is 10.6. The van der Waals surface area contributed by atoms with Crippen LogP contribution in [0.4, 0.5) is 0 Å². The molecule has 0 radical (unpaired) electrons. The number of hydrogen-bond donors (Lipinski definition) is 2. The Hall–Kier alpha value is -0.200. The normalized spacial score (nSPS) is 25.6. The predicted molar refractivity (Wildman–Crippen MR) is 59.7 cm³/mol. The summed E-state index contributed by atoms with van der Waals surface area (Å²) in [5.74, 6) is 0. The predicted octanol–water partition coefficient (Wildman–Crippen LogP) is -1.27. The van der Waals surface area contributed by atoms with Gasteiger partial charge in [-0.05, 0) is 0 Å². The topological polar surface area (TPSA) is 39.8 Å². The number of ether oxygens (including phenoxy) is 1. The smallest absolute Gasteiger partial charge is 0.0594 e. The van der Waals surface area contributed by atoms with Gasteiger partial charge in [0.2, 0.25) is 0 Å². The summed E-state index contributed by atoms with van der Waals surface area (Å²) in [6, 6.07) is 0. The van der Waals surface area contributed by atoms with Gasteiger partial charge in [-0.3, -0.25) is 10.3 Å². The van der Waals surface area contributed by atoms with Gasteiger partial charge in [0.05, 0.1) is 13.2 Å². The number of morpholine rings is 1. The molecule has 0 aromatic carbocycles. The fourth-order valence-corrected chi connectivity index (χ4v) is 2.01. The lowest BCUT2D eigenvalue weighted by molar-refractivity contribution is 0.0346. The van der Waals surface area contributed by atoms with Gasteiger partial charge in [0, 0.05) is 52.4 Å². The van der Waals surface area contributed by atoms with Gasteiger partial charge < -0.3 is 10.1 Å². The monoisotopic (exact) mass is 214 g/mol. The first-order valence-corrected chi connectivity index (χ1v) is 5.94. The van der Waals surface area contributed by atoms with Crippen LogP contribution in [0.3, 0.4) is 0 Å². The highest BCUT2D eigenvalue weighted by Crippen LogP contribution is 1.95. The molecule has 88 valence electrons. The molecule has 2 rings (SSSR count). The first-order chi connectivity index (χ1) is 7.45. The van der Waals surface area contributed by atoms with Crippen LogP contribution in [-0.2, 0) is 4.74 Å². The summed E-state index contributed by atoms with van der Waals surface area (Å²) in [4.78, 5) is 2.46. The second-order valence-electron chi connectivity index (χ2n) is 4.10. The molecule has 5 heteroatoms. The number of rotatable bonds is 4. The van der Waals surface area contributed by atoms with E-state index >= 15 is 0 Å². The molecule has 2 aliphatic heterocycles. The third-order valence-corrected chi connectivity index (χ3v) is 2.98. The van der Waals surface area contributed by atoms with Crippen molar-refractivity contribution in [3.8, 4) is 0 Å². The number of piperazine rings is 1. The van der Waals surface area contributed by atoms with Crippen molar-refractivity contribution >= 4 is 0 Å². The van der Waals surface area contributed by atoms with Crippen LogP contribution < -0.4 is 10.7 Å². The Morgan fingerprint density at radius 3 is 2.53 bits per heavy atom. The molecule has 2 N–H and O–H groups in total. The van der Waals surface area contributed by atoms with E-state index in [1.807, 2.05) is 0 Å². The number of hydrogen-bond acceptors (Lipinski definition) is 5. The Morgan fingerprint density at radius 1 is 1.07 bits per heavy atom. The summed E-state index contributed by atoms with van der Waals surface area (Å²) in [5.41, 5.74) is 3.48. The lowest BCUT2D eigenvalue weighted by atomic mass is 10.4. The van der Waals surface area contributed by atoms with Crippen LogP contribution in [-0.4, -0.2) is 75.5 Å². The highest BCUT2D eigenvalue weighted by Gasteiger charge is 2.11. The molecule has 2 heterocycles. The van der Waals surface area contributed by atoms with Crippen molar-refractivity contribution in [1.82, 2.24) is 20.7 Å². The molecule has 0 unspecified atom stereocenters. The number of hydrazine groups is 1. The second-order valence-corrected chi connectivity index (χ2v) is 4.10. The Bertz CT molecular complexity index is 149. The van der Waals surface area contributed by atoms with Crippen LogP contribution in [0.1, 0.15) is 0 Å². The van der Waals surface area contributed by atoms with E-state index in [0.717, 1.165) is 65.6 Å². The van der Waals surface area contributed by atoms with E-state index in [1.54, 1.807) is 0 Å². The zero-order valence-corrected chi connectivity index (χ0v) is 9.37. The molecule has 2 fully saturated rings. The van der Waals surface area contributed by atoms with Gasteiger partial charge in [-0.2, -0.15) is 0 Å². The average molecular weight is 214 g/mol. The minimum Gasteiger partial charge on any atom is -0.379 e. The van der Waals surface area contributed by atoms with Gasteiger partial charge in [-0.1, -0.05) is 0 Å².